The second kappa shape index (κ2) is 8.23. The number of pyridine rings is 1. The number of hydrogen-bond donors (Lipinski definition) is 4. The molecule has 0 aliphatic heterocycles. The first-order valence-corrected chi connectivity index (χ1v) is 8.44. The van der Waals surface area contributed by atoms with Crippen molar-refractivity contribution in [1.29, 1.82) is 0 Å². The van der Waals surface area contributed by atoms with Gasteiger partial charge < -0.3 is 25.1 Å². The zero-order valence-electron chi connectivity index (χ0n) is 13.3. The Hall–Kier alpha value is -3.24. The summed E-state index contributed by atoms with van der Waals surface area (Å²) in [5.74, 6) is -2.68. The molecule has 0 aliphatic rings. The van der Waals surface area contributed by atoms with Crippen LogP contribution in [0.4, 0.5) is 5.82 Å². The molecular formula is C16H15N3O6S. The van der Waals surface area contributed by atoms with Gasteiger partial charge in [0.25, 0.3) is 0 Å². The Bertz CT molecular complexity index is 960. The molecule has 0 aromatic carbocycles. The lowest BCUT2D eigenvalue weighted by molar-refractivity contribution is -0.132. The Morgan fingerprint density at radius 2 is 2.04 bits per heavy atom. The molecule has 2 aromatic heterocycles. The van der Waals surface area contributed by atoms with Gasteiger partial charge in [-0.1, -0.05) is 12.1 Å². The molecule has 2 heterocycles. The average Bonchev–Trinajstić information content (AvgIpc) is 2.93. The third kappa shape index (κ3) is 4.43. The number of allylic oxidation sites excluding steroid dienone is 1. The number of amides is 1. The van der Waals surface area contributed by atoms with Gasteiger partial charge >= 0.3 is 5.97 Å². The largest absolute Gasteiger partial charge is 0.477 e. The van der Waals surface area contributed by atoms with Crippen molar-refractivity contribution in [1.82, 2.24) is 4.40 Å². The van der Waals surface area contributed by atoms with Crippen molar-refractivity contribution in [3.63, 3.8) is 0 Å². The van der Waals surface area contributed by atoms with E-state index in [4.69, 9.17) is 10.3 Å². The molecule has 26 heavy (non-hydrogen) atoms. The number of carboxylic acids is 1. The lowest BCUT2D eigenvalue weighted by Gasteiger charge is -2.12. The minimum absolute atomic E-state index is 0.139. The zero-order chi connectivity index (χ0) is 19.3. The summed E-state index contributed by atoms with van der Waals surface area (Å²) in [7, 11) is 0. The van der Waals surface area contributed by atoms with Crippen molar-refractivity contribution in [3.8, 4) is 0 Å². The molecule has 0 radical (unpaired) electrons. The summed E-state index contributed by atoms with van der Waals surface area (Å²) in [6.07, 6.45) is 4.10. The van der Waals surface area contributed by atoms with Crippen molar-refractivity contribution in [3.05, 3.63) is 59.4 Å². The first-order valence-electron chi connectivity index (χ1n) is 7.17. The normalized spacial score (nSPS) is 13.4. The quantitative estimate of drug-likeness (QED) is 0.229. The first kappa shape index (κ1) is 19.1. The molecule has 2 rings (SSSR count). The minimum Gasteiger partial charge on any atom is -0.477 e. The van der Waals surface area contributed by atoms with Gasteiger partial charge in [0.05, 0.1) is 11.3 Å². The third-order valence-corrected chi connectivity index (χ3v) is 3.90. The van der Waals surface area contributed by atoms with E-state index < -0.39 is 34.4 Å². The number of carbonyl (C=O) groups is 3. The average molecular weight is 377 g/mol. The highest BCUT2D eigenvalue weighted by atomic mass is 32.2. The van der Waals surface area contributed by atoms with Crippen molar-refractivity contribution >= 4 is 40.6 Å². The van der Waals surface area contributed by atoms with Crippen LogP contribution in [0.2, 0.25) is 0 Å². The highest BCUT2D eigenvalue weighted by Crippen LogP contribution is 2.23. The lowest BCUT2D eigenvalue weighted by atomic mass is 10.2. The van der Waals surface area contributed by atoms with Crippen LogP contribution in [-0.4, -0.2) is 42.2 Å². The van der Waals surface area contributed by atoms with Gasteiger partial charge in [0, 0.05) is 17.8 Å². The molecule has 0 saturated heterocycles. The highest BCUT2D eigenvalue weighted by molar-refractivity contribution is 7.79. The molecule has 9 nitrogen and oxygen atoms in total. The Labute approximate surface area is 150 Å². The molecule has 0 saturated carbocycles. The van der Waals surface area contributed by atoms with Gasteiger partial charge in [-0.3, -0.25) is 9.59 Å². The van der Waals surface area contributed by atoms with Crippen LogP contribution in [0.1, 0.15) is 10.4 Å². The molecule has 136 valence electrons. The van der Waals surface area contributed by atoms with Gasteiger partial charge in [-0.15, -0.1) is 0 Å². The van der Waals surface area contributed by atoms with Crippen LogP contribution in [-0.2, 0) is 20.7 Å². The molecule has 1 amide bonds. The van der Waals surface area contributed by atoms with E-state index >= 15 is 0 Å². The fraction of sp³-hybridized carbons (Fsp3) is 0.0625. The van der Waals surface area contributed by atoms with Crippen LogP contribution >= 0.6 is 0 Å². The minimum atomic E-state index is -2.37. The predicted octanol–water partition coefficient (Wildman–Crippen LogP) is 0.766. The fourth-order valence-electron chi connectivity index (χ4n) is 2.28. The number of hydrogen-bond acceptors (Lipinski definition) is 5. The van der Waals surface area contributed by atoms with Gasteiger partial charge in [-0.25, -0.2) is 9.00 Å². The molecule has 1 unspecified atom stereocenters. The second-order valence-corrected chi connectivity index (χ2v) is 6.03. The van der Waals surface area contributed by atoms with Gasteiger partial charge in [0.2, 0.25) is 5.91 Å². The maximum atomic E-state index is 11.7. The smallest absolute Gasteiger partial charge is 0.352 e. The summed E-state index contributed by atoms with van der Waals surface area (Å²) in [4.78, 5) is 33.9. The fourth-order valence-corrected chi connectivity index (χ4v) is 2.78. The van der Waals surface area contributed by atoms with Crippen LogP contribution in [0, 0.1) is 0 Å². The molecule has 0 bridgehead atoms. The van der Waals surface area contributed by atoms with E-state index in [9.17, 15) is 23.7 Å². The van der Waals surface area contributed by atoms with Crippen LogP contribution in [0.5, 0.6) is 0 Å². The van der Waals surface area contributed by atoms with Crippen LogP contribution < -0.4 is 11.1 Å². The van der Waals surface area contributed by atoms with Gasteiger partial charge in [-0.2, -0.15) is 0 Å². The van der Waals surface area contributed by atoms with E-state index in [1.807, 2.05) is 0 Å². The van der Waals surface area contributed by atoms with Crippen molar-refractivity contribution in [2.24, 2.45) is 5.73 Å². The third-order valence-electron chi connectivity index (χ3n) is 3.34. The Kier molecular flexibility index (Phi) is 6.04. The molecule has 1 atom stereocenters. The molecule has 0 spiro atoms. The summed E-state index contributed by atoms with van der Waals surface area (Å²) in [5.41, 5.74) is 5.23. The lowest BCUT2D eigenvalue weighted by Crippen LogP contribution is -2.18. The first-order chi connectivity index (χ1) is 12.3. The summed E-state index contributed by atoms with van der Waals surface area (Å²) >= 11 is -2.37. The summed E-state index contributed by atoms with van der Waals surface area (Å²) in [6.45, 7) is 0. The summed E-state index contributed by atoms with van der Waals surface area (Å²) in [6, 6.07) is 6.71. The molecule has 5 N–H and O–H groups in total. The van der Waals surface area contributed by atoms with Crippen LogP contribution in [0.3, 0.4) is 0 Å². The number of carboxylic acid groups (broad SMARTS) is 1. The van der Waals surface area contributed by atoms with Gasteiger partial charge in [0.15, 0.2) is 17.4 Å². The Balaban J connectivity index is 2.62. The van der Waals surface area contributed by atoms with Crippen molar-refractivity contribution in [2.75, 3.05) is 11.1 Å². The number of aldehydes is 1. The van der Waals surface area contributed by atoms with E-state index in [1.165, 1.54) is 0 Å². The molecule has 0 aliphatic carbocycles. The molecular weight excluding hydrogens is 362 g/mol. The highest BCUT2D eigenvalue weighted by Gasteiger charge is 2.19. The summed E-state index contributed by atoms with van der Waals surface area (Å²) in [5, 5.41) is 12.1. The number of anilines is 1. The van der Waals surface area contributed by atoms with Crippen molar-refractivity contribution < 1.29 is 28.3 Å². The zero-order valence-corrected chi connectivity index (χ0v) is 14.1. The number of carbonyl (C=O) groups excluding carboxylic acids is 2. The number of nitrogens with two attached hydrogens (primary N) is 1. The SMILES string of the molecule is NC(=O)/C=C\C(CS(=O)O)=C(/Nc1c(C=O)cc2ccccn12)C(=O)O. The van der Waals surface area contributed by atoms with E-state index in [1.54, 1.807) is 34.9 Å². The van der Waals surface area contributed by atoms with E-state index in [0.717, 1.165) is 12.2 Å². The molecule has 2 aromatic rings. The maximum Gasteiger partial charge on any atom is 0.352 e. The predicted molar refractivity (Wildman–Crippen MR) is 95.0 cm³/mol. The number of aliphatic carboxylic acids is 1. The number of rotatable bonds is 8. The van der Waals surface area contributed by atoms with Crippen LogP contribution in [0.25, 0.3) is 5.52 Å². The number of nitrogens with one attached hydrogen (secondary N) is 1. The number of primary amides is 1. The monoisotopic (exact) mass is 377 g/mol. The van der Waals surface area contributed by atoms with Gasteiger partial charge in [0.1, 0.15) is 11.5 Å². The van der Waals surface area contributed by atoms with E-state index in [2.05, 4.69) is 5.32 Å². The summed E-state index contributed by atoms with van der Waals surface area (Å²) < 4.78 is 21.8. The number of fused-ring (bicyclic) bond motifs is 1. The topological polar surface area (TPSA) is 151 Å². The Morgan fingerprint density at radius 1 is 1.31 bits per heavy atom. The Morgan fingerprint density at radius 3 is 2.62 bits per heavy atom. The van der Waals surface area contributed by atoms with Gasteiger partial charge in [-0.05, 0) is 23.8 Å². The molecule has 10 heteroatoms. The molecule has 0 fully saturated rings. The van der Waals surface area contributed by atoms with E-state index in [0.29, 0.717) is 11.8 Å². The number of aromatic nitrogens is 1. The maximum absolute atomic E-state index is 11.7. The van der Waals surface area contributed by atoms with Crippen LogP contribution in [0.15, 0.2) is 53.9 Å². The van der Waals surface area contributed by atoms with E-state index in [-0.39, 0.29) is 17.0 Å². The standard InChI is InChI=1S/C16H15N3O6S/c17-13(21)5-4-10(9-26(24)25)14(16(22)23)18-15-11(8-20)7-12-3-1-2-6-19(12)15/h1-8,18H,9H2,(H2,17,21)(H,22,23)(H,24,25)/b5-4-,14-10+. The number of nitrogens with zero attached hydrogens (tertiary/aromatic N) is 1. The van der Waals surface area contributed by atoms with Crippen molar-refractivity contribution in [2.45, 2.75) is 0 Å². The second-order valence-electron chi connectivity index (χ2n) is 5.09.